The highest BCUT2D eigenvalue weighted by Crippen LogP contribution is 2.32. The molecular weight excluding hydrogens is 598 g/mol. The molecule has 228 valence electrons. The van der Waals surface area contributed by atoms with E-state index in [-0.39, 0.29) is 24.2 Å². The van der Waals surface area contributed by atoms with Gasteiger partial charge in [-0.15, -0.1) is 21.5 Å². The third-order valence-electron chi connectivity index (χ3n) is 7.34. The number of rotatable bonds is 13. The highest BCUT2D eigenvalue weighted by Gasteiger charge is 2.24. The van der Waals surface area contributed by atoms with Crippen molar-refractivity contribution in [2.45, 2.75) is 59.5 Å². The molecule has 11 heteroatoms. The van der Waals surface area contributed by atoms with E-state index in [1.165, 1.54) is 11.3 Å². The zero-order valence-corrected chi connectivity index (χ0v) is 26.5. The van der Waals surface area contributed by atoms with Crippen LogP contribution in [-0.4, -0.2) is 43.6 Å². The Hall–Kier alpha value is -4.28. The fraction of sp³-hybridized carbons (Fsp3) is 0.303. The number of thiophene rings is 1. The first-order valence-electron chi connectivity index (χ1n) is 14.7. The van der Waals surface area contributed by atoms with Crippen LogP contribution in [0.5, 0.6) is 0 Å². The van der Waals surface area contributed by atoms with Crippen molar-refractivity contribution in [1.82, 2.24) is 24.6 Å². The van der Waals surface area contributed by atoms with E-state index < -0.39 is 0 Å². The number of aryl methyl sites for hydroxylation is 3. The Morgan fingerprint density at radius 1 is 0.977 bits per heavy atom. The molecule has 0 aliphatic rings. The lowest BCUT2D eigenvalue weighted by Crippen LogP contribution is -2.27. The largest absolute Gasteiger partial charge is 0.466 e. The monoisotopic (exact) mass is 631 g/mol. The fourth-order valence-corrected chi connectivity index (χ4v) is 6.55. The summed E-state index contributed by atoms with van der Waals surface area (Å²) in [6.07, 6.45) is 2.47. The molecule has 3 heterocycles. The maximum Gasteiger partial charge on any atom is 0.305 e. The number of amides is 1. The lowest BCUT2D eigenvalue weighted by atomic mass is 10.0. The van der Waals surface area contributed by atoms with Crippen molar-refractivity contribution in [3.63, 3.8) is 0 Å². The van der Waals surface area contributed by atoms with Gasteiger partial charge in [0.15, 0.2) is 11.6 Å². The van der Waals surface area contributed by atoms with Crippen LogP contribution in [0.2, 0.25) is 5.02 Å². The molecule has 0 aliphatic heterocycles. The molecule has 44 heavy (non-hydrogen) atoms. The summed E-state index contributed by atoms with van der Waals surface area (Å²) in [6.45, 7) is 6.69. The summed E-state index contributed by atoms with van der Waals surface area (Å²) in [7, 11) is 0. The Labute approximate surface area is 264 Å². The van der Waals surface area contributed by atoms with Crippen molar-refractivity contribution in [3.8, 4) is 5.00 Å². The number of carbonyl (C=O) groups is 3. The molecule has 0 saturated heterocycles. The molecule has 5 rings (SSSR count). The van der Waals surface area contributed by atoms with E-state index >= 15 is 0 Å². The third kappa shape index (κ3) is 6.61. The van der Waals surface area contributed by atoms with Crippen molar-refractivity contribution < 1.29 is 19.1 Å². The highest BCUT2D eigenvalue weighted by molar-refractivity contribution is 7.15. The Kier molecular flexibility index (Phi) is 9.92. The molecule has 1 N–H and O–H groups in total. The number of hydrogen-bond donors (Lipinski definition) is 1. The molecule has 0 bridgehead atoms. The minimum Gasteiger partial charge on any atom is -0.466 e. The van der Waals surface area contributed by atoms with Crippen molar-refractivity contribution in [3.05, 3.63) is 99.0 Å². The van der Waals surface area contributed by atoms with Crippen LogP contribution >= 0.6 is 22.9 Å². The van der Waals surface area contributed by atoms with E-state index in [1.807, 2.05) is 59.4 Å². The van der Waals surface area contributed by atoms with Gasteiger partial charge in [0.25, 0.3) is 5.91 Å². The second-order valence-electron chi connectivity index (χ2n) is 10.3. The van der Waals surface area contributed by atoms with Crippen LogP contribution in [0, 0.1) is 6.92 Å². The molecule has 0 saturated carbocycles. The average Bonchev–Trinajstić information content (AvgIpc) is 3.72. The first-order chi connectivity index (χ1) is 21.3. The van der Waals surface area contributed by atoms with Gasteiger partial charge in [0, 0.05) is 34.3 Å². The van der Waals surface area contributed by atoms with Gasteiger partial charge in [-0.2, -0.15) is 0 Å². The normalized spacial score (nSPS) is 11.2. The van der Waals surface area contributed by atoms with Gasteiger partial charge in [-0.1, -0.05) is 48.9 Å². The number of ketones is 1. The zero-order valence-electron chi connectivity index (χ0n) is 24.9. The van der Waals surface area contributed by atoms with Crippen LogP contribution in [0.25, 0.3) is 15.9 Å². The van der Waals surface area contributed by atoms with Gasteiger partial charge < -0.3 is 14.6 Å². The van der Waals surface area contributed by atoms with Crippen molar-refractivity contribution >= 4 is 51.5 Å². The lowest BCUT2D eigenvalue weighted by molar-refractivity contribution is -0.143. The summed E-state index contributed by atoms with van der Waals surface area (Å²) in [6, 6.07) is 18.6. The first-order valence-corrected chi connectivity index (χ1v) is 15.9. The SMILES string of the molecule is CCOC(=O)CCCCn1c(C(=O)NCc2nnc(C)n2-c2sc(CC)cc2C(=O)c2ccccc2Cl)cc2ccccc21. The number of nitrogens with one attached hydrogen (secondary N) is 1. The fourth-order valence-electron chi connectivity index (χ4n) is 5.17. The second kappa shape index (κ2) is 14.0. The minimum absolute atomic E-state index is 0.100. The Bertz CT molecular complexity index is 1820. The van der Waals surface area contributed by atoms with Gasteiger partial charge in [0.1, 0.15) is 16.5 Å². The van der Waals surface area contributed by atoms with E-state index in [2.05, 4.69) is 15.5 Å². The van der Waals surface area contributed by atoms with Gasteiger partial charge in [-0.25, -0.2) is 0 Å². The number of fused-ring (bicyclic) bond motifs is 1. The Morgan fingerprint density at radius 2 is 1.75 bits per heavy atom. The number of hydrogen-bond acceptors (Lipinski definition) is 7. The lowest BCUT2D eigenvalue weighted by Gasteiger charge is -2.12. The van der Waals surface area contributed by atoms with E-state index in [0.29, 0.717) is 70.9 Å². The van der Waals surface area contributed by atoms with Crippen LogP contribution in [-0.2, 0) is 29.0 Å². The van der Waals surface area contributed by atoms with Gasteiger partial charge >= 0.3 is 5.97 Å². The first kappa shape index (κ1) is 31.2. The number of ether oxygens (including phenoxy) is 1. The molecule has 0 atom stereocenters. The number of esters is 1. The standard InChI is InChI=1S/C33H34ClN5O4S/c1-4-23-19-25(31(41)24-13-7-8-14-26(24)34)33(44-23)39-21(3)36-37-29(39)20-35-32(42)28-18-22-12-6-9-15-27(22)38(28)17-11-10-16-30(40)43-5-2/h6-9,12-15,18-19H,4-5,10-11,16-17,20H2,1-3H3,(H,35,42). The smallest absolute Gasteiger partial charge is 0.305 e. The summed E-state index contributed by atoms with van der Waals surface area (Å²) >= 11 is 7.88. The second-order valence-corrected chi connectivity index (χ2v) is 11.8. The van der Waals surface area contributed by atoms with Crippen LogP contribution in [0.3, 0.4) is 0 Å². The van der Waals surface area contributed by atoms with Crippen molar-refractivity contribution in [2.75, 3.05) is 6.61 Å². The van der Waals surface area contributed by atoms with Crippen molar-refractivity contribution in [2.24, 2.45) is 0 Å². The summed E-state index contributed by atoms with van der Waals surface area (Å²) in [5.74, 6) is 0.452. The molecule has 1 amide bonds. The number of unbranched alkanes of at least 4 members (excludes halogenated alkanes) is 1. The predicted molar refractivity (Wildman–Crippen MR) is 172 cm³/mol. The van der Waals surface area contributed by atoms with Gasteiger partial charge in [-0.3, -0.25) is 19.0 Å². The van der Waals surface area contributed by atoms with Crippen LogP contribution in [0.1, 0.15) is 76.0 Å². The quantitative estimate of drug-likeness (QED) is 0.0880. The average molecular weight is 632 g/mol. The molecule has 0 fully saturated rings. The predicted octanol–water partition coefficient (Wildman–Crippen LogP) is 6.70. The maximum atomic E-state index is 13.7. The summed E-state index contributed by atoms with van der Waals surface area (Å²) < 4.78 is 8.86. The van der Waals surface area contributed by atoms with E-state index in [0.717, 1.165) is 22.2 Å². The Balaban J connectivity index is 1.39. The Morgan fingerprint density at radius 3 is 2.52 bits per heavy atom. The number of benzene rings is 2. The summed E-state index contributed by atoms with van der Waals surface area (Å²) in [5, 5.41) is 13.7. The molecule has 0 unspecified atom stereocenters. The van der Waals surface area contributed by atoms with Gasteiger partial charge in [-0.05, 0) is 63.4 Å². The van der Waals surface area contributed by atoms with Crippen LogP contribution < -0.4 is 5.32 Å². The van der Waals surface area contributed by atoms with E-state index in [1.54, 1.807) is 31.2 Å². The minimum atomic E-state index is -0.258. The topological polar surface area (TPSA) is 108 Å². The highest BCUT2D eigenvalue weighted by atomic mass is 35.5. The zero-order chi connectivity index (χ0) is 31.2. The maximum absolute atomic E-state index is 13.7. The summed E-state index contributed by atoms with van der Waals surface area (Å²) in [4.78, 5) is 40.1. The van der Waals surface area contributed by atoms with Crippen LogP contribution in [0.4, 0.5) is 0 Å². The third-order valence-corrected chi connectivity index (χ3v) is 8.93. The van der Waals surface area contributed by atoms with Gasteiger partial charge in [0.2, 0.25) is 0 Å². The van der Waals surface area contributed by atoms with Crippen molar-refractivity contribution in [1.29, 1.82) is 0 Å². The molecule has 0 spiro atoms. The molecule has 2 aromatic carbocycles. The molecule has 5 aromatic rings. The number of carbonyl (C=O) groups excluding carboxylic acids is 3. The van der Waals surface area contributed by atoms with E-state index in [4.69, 9.17) is 16.3 Å². The summed E-state index contributed by atoms with van der Waals surface area (Å²) in [5.41, 5.74) is 2.40. The molecule has 0 radical (unpaired) electrons. The number of aromatic nitrogens is 4. The molecular formula is C33H34ClN5O4S. The number of nitrogens with zero attached hydrogens (tertiary/aromatic N) is 4. The van der Waals surface area contributed by atoms with Crippen LogP contribution in [0.15, 0.2) is 60.7 Å². The number of halogens is 1. The number of para-hydroxylation sites is 1. The molecule has 3 aromatic heterocycles. The molecule has 0 aliphatic carbocycles. The van der Waals surface area contributed by atoms with Gasteiger partial charge in [0.05, 0.1) is 23.7 Å². The molecule has 9 nitrogen and oxygen atoms in total. The van der Waals surface area contributed by atoms with E-state index in [9.17, 15) is 14.4 Å².